The van der Waals surface area contributed by atoms with Crippen LogP contribution in [0.1, 0.15) is 23.9 Å². The van der Waals surface area contributed by atoms with Gasteiger partial charge in [0.25, 0.3) is 5.56 Å². The first kappa shape index (κ1) is 30.4. The van der Waals surface area contributed by atoms with E-state index in [1.54, 1.807) is 48.1 Å². The van der Waals surface area contributed by atoms with Crippen LogP contribution in [-0.2, 0) is 15.9 Å². The van der Waals surface area contributed by atoms with Crippen molar-refractivity contribution >= 4 is 35.1 Å². The summed E-state index contributed by atoms with van der Waals surface area (Å²) < 4.78 is 13.6. The summed E-state index contributed by atoms with van der Waals surface area (Å²) in [7, 11) is 1.56. The first-order valence-electron chi connectivity index (χ1n) is 13.9. The van der Waals surface area contributed by atoms with Gasteiger partial charge in [-0.2, -0.15) is 4.68 Å². The highest BCUT2D eigenvalue weighted by Crippen LogP contribution is 2.37. The number of amides is 1. The fraction of sp³-hybridized carbons (Fsp3) is 0.276. The van der Waals surface area contributed by atoms with Gasteiger partial charge in [0.2, 0.25) is 0 Å². The zero-order chi connectivity index (χ0) is 31.5. The third kappa shape index (κ3) is 6.31. The number of carboxylic acid groups (broad SMARTS) is 1. The van der Waals surface area contributed by atoms with Crippen LogP contribution >= 0.6 is 23.2 Å². The number of fused-ring (bicyclic) bond motifs is 1. The molecule has 0 aliphatic carbocycles. The van der Waals surface area contributed by atoms with E-state index in [1.165, 1.54) is 17.2 Å². The molecule has 1 aliphatic heterocycles. The molecule has 1 atom stereocenters. The summed E-state index contributed by atoms with van der Waals surface area (Å²) in [5.41, 5.74) is 3.93. The van der Waals surface area contributed by atoms with Gasteiger partial charge in [0, 0.05) is 41.2 Å². The van der Waals surface area contributed by atoms with Crippen LogP contribution in [0.2, 0.25) is 10.2 Å². The summed E-state index contributed by atoms with van der Waals surface area (Å²) in [6.07, 6.45) is 3.11. The van der Waals surface area contributed by atoms with Gasteiger partial charge in [-0.05, 0) is 65.2 Å². The summed E-state index contributed by atoms with van der Waals surface area (Å²) in [4.78, 5) is 38.6. The highest BCUT2D eigenvalue weighted by molar-refractivity contribution is 6.31. The standard InChI is InChI=1S/C29H27Cl2N9O5/c1-44-10-11-45-9-8-38(29(42)43)24-7-2-17(15-32-24)28-34-26(27(31)35-28)23-6-4-20-12-18(13-25(41)40(20)23)21-14-19(30)3-5-22(21)39-16-33-36-37-39/h2-3,5,7,12-16,23H,4,6,8-11H2,1H3,(H,34,35)(H,42,43)/t23-/m0/s1. The molecule has 0 saturated carbocycles. The number of aromatic nitrogens is 8. The van der Waals surface area contributed by atoms with Gasteiger partial charge in [-0.1, -0.05) is 23.2 Å². The molecule has 232 valence electrons. The lowest BCUT2D eigenvalue weighted by Crippen LogP contribution is -2.33. The Balaban J connectivity index is 1.24. The lowest BCUT2D eigenvalue weighted by Gasteiger charge is -2.18. The van der Waals surface area contributed by atoms with Crippen molar-refractivity contribution < 1.29 is 19.4 Å². The van der Waals surface area contributed by atoms with Crippen molar-refractivity contribution in [3.8, 4) is 28.2 Å². The third-order valence-corrected chi connectivity index (χ3v) is 7.96. The fourth-order valence-corrected chi connectivity index (χ4v) is 5.78. The molecule has 0 fully saturated rings. The minimum atomic E-state index is -1.15. The van der Waals surface area contributed by atoms with E-state index >= 15 is 0 Å². The first-order valence-corrected chi connectivity index (χ1v) is 14.7. The van der Waals surface area contributed by atoms with E-state index in [9.17, 15) is 14.7 Å². The normalized spacial score (nSPS) is 14.1. The Kier molecular flexibility index (Phi) is 8.89. The monoisotopic (exact) mass is 651 g/mol. The second-order valence-electron chi connectivity index (χ2n) is 10.1. The number of nitrogens with one attached hydrogen (secondary N) is 1. The third-order valence-electron chi connectivity index (χ3n) is 7.44. The number of aromatic amines is 1. The number of carbonyl (C=O) groups is 1. The summed E-state index contributed by atoms with van der Waals surface area (Å²) in [6.45, 7) is 1.08. The van der Waals surface area contributed by atoms with E-state index in [0.717, 1.165) is 16.2 Å². The average Bonchev–Trinajstić information content (AvgIpc) is 3.79. The Labute approximate surface area is 266 Å². The van der Waals surface area contributed by atoms with Crippen molar-refractivity contribution in [3.05, 3.63) is 86.9 Å². The van der Waals surface area contributed by atoms with Gasteiger partial charge in [0.1, 0.15) is 18.0 Å². The Hall–Kier alpha value is -4.63. The Bertz CT molecular complexity index is 1880. The predicted octanol–water partition coefficient (Wildman–Crippen LogP) is 4.27. The number of benzene rings is 1. The zero-order valence-corrected chi connectivity index (χ0v) is 25.4. The molecule has 45 heavy (non-hydrogen) atoms. The molecule has 1 aromatic carbocycles. The minimum absolute atomic E-state index is 0.107. The van der Waals surface area contributed by atoms with Crippen molar-refractivity contribution in [3.63, 3.8) is 0 Å². The molecule has 14 nitrogen and oxygen atoms in total. The largest absolute Gasteiger partial charge is 0.465 e. The van der Waals surface area contributed by atoms with Crippen LogP contribution < -0.4 is 10.5 Å². The van der Waals surface area contributed by atoms with Crippen LogP contribution in [-0.4, -0.2) is 84.4 Å². The molecule has 1 amide bonds. The number of H-pyrrole nitrogens is 1. The molecular weight excluding hydrogens is 625 g/mol. The molecule has 2 N–H and O–H groups in total. The number of tetrazole rings is 1. The summed E-state index contributed by atoms with van der Waals surface area (Å²) >= 11 is 12.9. The predicted molar refractivity (Wildman–Crippen MR) is 165 cm³/mol. The van der Waals surface area contributed by atoms with Crippen LogP contribution in [0.15, 0.2) is 59.8 Å². The van der Waals surface area contributed by atoms with Gasteiger partial charge in [0.05, 0.1) is 43.8 Å². The quantitative estimate of drug-likeness (QED) is 0.197. The molecule has 0 unspecified atom stereocenters. The van der Waals surface area contributed by atoms with Crippen LogP contribution in [0.3, 0.4) is 0 Å². The van der Waals surface area contributed by atoms with E-state index < -0.39 is 6.09 Å². The molecule has 0 bridgehead atoms. The fourth-order valence-electron chi connectivity index (χ4n) is 5.35. The summed E-state index contributed by atoms with van der Waals surface area (Å²) in [5.74, 6) is 0.691. The first-order chi connectivity index (χ1) is 21.8. The molecule has 1 aliphatic rings. The van der Waals surface area contributed by atoms with Crippen molar-refractivity contribution in [2.24, 2.45) is 0 Å². The van der Waals surface area contributed by atoms with E-state index in [0.29, 0.717) is 59.4 Å². The number of rotatable bonds is 11. The average molecular weight is 652 g/mol. The molecule has 5 aromatic rings. The van der Waals surface area contributed by atoms with E-state index in [4.69, 9.17) is 32.7 Å². The highest BCUT2D eigenvalue weighted by Gasteiger charge is 2.30. The SMILES string of the molecule is COCCOCCN(C(=O)O)c1ccc(-c2nc(Cl)c([C@@H]3CCc4cc(-c5cc(Cl)ccc5-n5cnnn5)cc(=O)n43)[nH]2)cn1. The van der Waals surface area contributed by atoms with Crippen LogP contribution in [0.4, 0.5) is 10.6 Å². The van der Waals surface area contributed by atoms with E-state index in [-0.39, 0.29) is 35.7 Å². The molecule has 0 saturated heterocycles. The topological polar surface area (TPSA) is 166 Å². The van der Waals surface area contributed by atoms with Gasteiger partial charge < -0.3 is 24.1 Å². The number of nitrogens with zero attached hydrogens (tertiary/aromatic N) is 8. The molecule has 0 spiro atoms. The van der Waals surface area contributed by atoms with Crippen LogP contribution in [0.25, 0.3) is 28.2 Å². The zero-order valence-electron chi connectivity index (χ0n) is 23.9. The molecule has 4 aromatic heterocycles. The summed E-state index contributed by atoms with van der Waals surface area (Å²) in [6, 6.07) is 11.8. The smallest absolute Gasteiger partial charge is 0.413 e. The number of hydrogen-bond donors (Lipinski definition) is 2. The van der Waals surface area contributed by atoms with Gasteiger partial charge in [-0.25, -0.2) is 14.8 Å². The van der Waals surface area contributed by atoms with E-state index in [2.05, 4.69) is 30.5 Å². The maximum atomic E-state index is 13.6. The number of halogens is 2. The van der Waals surface area contributed by atoms with Crippen molar-refractivity contribution in [1.82, 2.24) is 39.7 Å². The maximum absolute atomic E-state index is 13.6. The molecule has 16 heteroatoms. The van der Waals surface area contributed by atoms with Crippen LogP contribution in [0, 0.1) is 0 Å². The Morgan fingerprint density at radius 1 is 1.13 bits per heavy atom. The van der Waals surface area contributed by atoms with Crippen LogP contribution in [0.5, 0.6) is 0 Å². The van der Waals surface area contributed by atoms with E-state index in [1.807, 2.05) is 6.07 Å². The van der Waals surface area contributed by atoms with Gasteiger partial charge in [0.15, 0.2) is 5.15 Å². The lowest BCUT2D eigenvalue weighted by molar-refractivity contribution is 0.0738. The Morgan fingerprint density at radius 2 is 2.00 bits per heavy atom. The van der Waals surface area contributed by atoms with Gasteiger partial charge in [-0.3, -0.25) is 9.69 Å². The second-order valence-corrected chi connectivity index (χ2v) is 10.9. The number of ether oxygens (including phenoxy) is 2. The number of imidazole rings is 1. The summed E-state index contributed by atoms with van der Waals surface area (Å²) in [5, 5.41) is 21.8. The number of methoxy groups -OCH3 is 1. The lowest BCUT2D eigenvalue weighted by atomic mass is 10.0. The Morgan fingerprint density at radius 3 is 2.73 bits per heavy atom. The van der Waals surface area contributed by atoms with Crippen molar-refractivity contribution in [1.29, 1.82) is 0 Å². The van der Waals surface area contributed by atoms with Gasteiger partial charge >= 0.3 is 6.09 Å². The number of pyridine rings is 2. The molecular formula is C29H27Cl2N9O5. The second kappa shape index (κ2) is 13.2. The molecule has 0 radical (unpaired) electrons. The maximum Gasteiger partial charge on any atom is 0.413 e. The molecule has 5 heterocycles. The number of anilines is 1. The van der Waals surface area contributed by atoms with Crippen molar-refractivity contribution in [2.75, 3.05) is 38.4 Å². The molecule has 6 rings (SSSR count). The minimum Gasteiger partial charge on any atom is -0.465 e. The highest BCUT2D eigenvalue weighted by atomic mass is 35.5. The van der Waals surface area contributed by atoms with Crippen molar-refractivity contribution in [2.45, 2.75) is 18.9 Å². The van der Waals surface area contributed by atoms with Gasteiger partial charge in [-0.15, -0.1) is 5.10 Å². The number of aryl methyl sites for hydroxylation is 1. The number of hydrogen-bond acceptors (Lipinski definition) is 9.